The molecular weight excluding hydrogens is 136 g/mol. The second kappa shape index (κ2) is 5.08. The van der Waals surface area contributed by atoms with Gasteiger partial charge in [-0.2, -0.15) is 0 Å². The van der Waals surface area contributed by atoms with Gasteiger partial charge in [0.1, 0.15) is 13.2 Å². The predicted octanol–water partition coefficient (Wildman–Crippen LogP) is -0.525. The smallest absolute Gasteiger partial charge is 0.161 e. The van der Waals surface area contributed by atoms with Gasteiger partial charge < -0.3 is 19.7 Å². The van der Waals surface area contributed by atoms with Gasteiger partial charge in [0.25, 0.3) is 0 Å². The van der Waals surface area contributed by atoms with E-state index in [1.54, 1.807) is 0 Å². The maximum absolute atomic E-state index is 8.58. The number of aliphatic hydroxyl groups is 2. The van der Waals surface area contributed by atoms with Gasteiger partial charge in [0.05, 0.1) is 14.2 Å². The minimum absolute atomic E-state index is 0.255. The van der Waals surface area contributed by atoms with Crippen LogP contribution in [0.5, 0.6) is 0 Å². The molecule has 0 aromatic carbocycles. The molecule has 4 heteroatoms. The van der Waals surface area contributed by atoms with Crippen molar-refractivity contribution in [3.63, 3.8) is 0 Å². The standard InChI is InChI=1S/C6H12O4/c1-9-5(3-7)6(4-8)10-2/h7-8H,3-4H2,1-2H3. The van der Waals surface area contributed by atoms with E-state index < -0.39 is 0 Å². The molecule has 0 aromatic heterocycles. The van der Waals surface area contributed by atoms with Crippen molar-refractivity contribution < 1.29 is 19.7 Å². The molecule has 0 spiro atoms. The van der Waals surface area contributed by atoms with Gasteiger partial charge in [-0.1, -0.05) is 0 Å². The molecule has 0 rings (SSSR count). The summed E-state index contributed by atoms with van der Waals surface area (Å²) in [6.07, 6.45) is 0. The highest BCUT2D eigenvalue weighted by atomic mass is 16.5. The van der Waals surface area contributed by atoms with Crippen molar-refractivity contribution in [2.24, 2.45) is 0 Å². The molecule has 0 saturated heterocycles. The van der Waals surface area contributed by atoms with E-state index in [1.807, 2.05) is 0 Å². The second-order valence-corrected chi connectivity index (χ2v) is 1.57. The molecule has 0 unspecified atom stereocenters. The highest BCUT2D eigenvalue weighted by molar-refractivity contribution is 5.01. The van der Waals surface area contributed by atoms with Crippen LogP contribution in [0.3, 0.4) is 0 Å². The van der Waals surface area contributed by atoms with Gasteiger partial charge in [-0.3, -0.25) is 0 Å². The van der Waals surface area contributed by atoms with E-state index in [-0.39, 0.29) is 24.7 Å². The highest BCUT2D eigenvalue weighted by Crippen LogP contribution is 2.03. The zero-order chi connectivity index (χ0) is 7.98. The van der Waals surface area contributed by atoms with Gasteiger partial charge in [0.15, 0.2) is 11.5 Å². The zero-order valence-corrected chi connectivity index (χ0v) is 6.13. The molecule has 0 aromatic rings. The topological polar surface area (TPSA) is 58.9 Å². The molecule has 60 valence electrons. The van der Waals surface area contributed by atoms with Crippen molar-refractivity contribution in [3.05, 3.63) is 11.5 Å². The number of hydrogen-bond donors (Lipinski definition) is 2. The van der Waals surface area contributed by atoms with Gasteiger partial charge >= 0.3 is 0 Å². The summed E-state index contributed by atoms with van der Waals surface area (Å²) >= 11 is 0. The van der Waals surface area contributed by atoms with E-state index in [0.717, 1.165) is 0 Å². The van der Waals surface area contributed by atoms with Crippen LogP contribution in [0.2, 0.25) is 0 Å². The van der Waals surface area contributed by atoms with Gasteiger partial charge in [-0.25, -0.2) is 0 Å². The lowest BCUT2D eigenvalue weighted by atomic mass is 10.4. The first-order chi connectivity index (χ1) is 4.79. The van der Waals surface area contributed by atoms with Crippen LogP contribution < -0.4 is 0 Å². The quantitative estimate of drug-likeness (QED) is 0.526. The zero-order valence-electron chi connectivity index (χ0n) is 6.13. The maximum Gasteiger partial charge on any atom is 0.161 e. The van der Waals surface area contributed by atoms with Crippen LogP contribution in [0, 0.1) is 0 Å². The molecule has 0 atom stereocenters. The Morgan fingerprint density at radius 1 is 1.00 bits per heavy atom. The third kappa shape index (κ3) is 2.24. The Morgan fingerprint density at radius 2 is 1.30 bits per heavy atom. The normalized spacial score (nSPS) is 12.4. The van der Waals surface area contributed by atoms with Crippen LogP contribution in [0.25, 0.3) is 0 Å². The lowest BCUT2D eigenvalue weighted by Crippen LogP contribution is -2.04. The lowest BCUT2D eigenvalue weighted by Gasteiger charge is -2.07. The molecule has 10 heavy (non-hydrogen) atoms. The first-order valence-corrected chi connectivity index (χ1v) is 2.81. The SMILES string of the molecule is COC(CO)=C(CO)OC. The third-order valence-corrected chi connectivity index (χ3v) is 1.09. The van der Waals surface area contributed by atoms with Crippen molar-refractivity contribution >= 4 is 0 Å². The van der Waals surface area contributed by atoms with Crippen LogP contribution in [-0.4, -0.2) is 37.6 Å². The van der Waals surface area contributed by atoms with Gasteiger partial charge in [0, 0.05) is 0 Å². The molecule has 0 aliphatic heterocycles. The number of hydrogen-bond acceptors (Lipinski definition) is 4. The minimum Gasteiger partial charge on any atom is -0.495 e. The molecular formula is C6H12O4. The summed E-state index contributed by atoms with van der Waals surface area (Å²) in [5.74, 6) is 0.509. The van der Waals surface area contributed by atoms with E-state index in [1.165, 1.54) is 14.2 Å². The van der Waals surface area contributed by atoms with Crippen LogP contribution in [0.4, 0.5) is 0 Å². The summed E-state index contributed by atoms with van der Waals surface area (Å²) in [6.45, 7) is -0.527. The van der Waals surface area contributed by atoms with Crippen molar-refractivity contribution in [1.82, 2.24) is 0 Å². The summed E-state index contributed by atoms with van der Waals surface area (Å²) in [5, 5.41) is 17.2. The highest BCUT2D eigenvalue weighted by Gasteiger charge is 2.03. The lowest BCUT2D eigenvalue weighted by molar-refractivity contribution is 0.143. The Bertz CT molecular complexity index is 92.9. The van der Waals surface area contributed by atoms with Crippen LogP contribution >= 0.6 is 0 Å². The van der Waals surface area contributed by atoms with Gasteiger partial charge in [0.2, 0.25) is 0 Å². The molecule has 2 N–H and O–H groups in total. The number of methoxy groups -OCH3 is 2. The third-order valence-electron chi connectivity index (χ3n) is 1.09. The Kier molecular flexibility index (Phi) is 4.70. The Labute approximate surface area is 59.7 Å². The molecule has 4 nitrogen and oxygen atoms in total. The van der Waals surface area contributed by atoms with Crippen LogP contribution in [0.1, 0.15) is 0 Å². The minimum atomic E-state index is -0.264. The molecule has 0 radical (unpaired) electrons. The molecule has 0 aliphatic rings. The molecule has 0 bridgehead atoms. The van der Waals surface area contributed by atoms with E-state index in [2.05, 4.69) is 9.47 Å². The molecule has 0 heterocycles. The average molecular weight is 148 g/mol. The van der Waals surface area contributed by atoms with Gasteiger partial charge in [-0.15, -0.1) is 0 Å². The molecule has 0 saturated carbocycles. The molecule has 0 amide bonds. The number of aliphatic hydroxyl groups excluding tert-OH is 2. The average Bonchev–Trinajstić information content (AvgIpc) is 2.00. The summed E-state index contributed by atoms with van der Waals surface area (Å²) in [5.41, 5.74) is 0. The molecule has 0 aliphatic carbocycles. The van der Waals surface area contributed by atoms with Crippen molar-refractivity contribution in [1.29, 1.82) is 0 Å². The van der Waals surface area contributed by atoms with E-state index in [0.29, 0.717) is 0 Å². The summed E-state index contributed by atoms with van der Waals surface area (Å²) in [6, 6.07) is 0. The first kappa shape index (κ1) is 9.26. The maximum atomic E-state index is 8.58. The van der Waals surface area contributed by atoms with E-state index in [9.17, 15) is 0 Å². The largest absolute Gasteiger partial charge is 0.495 e. The van der Waals surface area contributed by atoms with Crippen LogP contribution in [0.15, 0.2) is 11.5 Å². The van der Waals surface area contributed by atoms with Gasteiger partial charge in [-0.05, 0) is 0 Å². The summed E-state index contributed by atoms with van der Waals surface area (Å²) in [7, 11) is 2.81. The van der Waals surface area contributed by atoms with Crippen molar-refractivity contribution in [2.75, 3.05) is 27.4 Å². The first-order valence-electron chi connectivity index (χ1n) is 2.81. The second-order valence-electron chi connectivity index (χ2n) is 1.57. The fourth-order valence-electron chi connectivity index (χ4n) is 0.533. The molecule has 0 fully saturated rings. The van der Waals surface area contributed by atoms with Crippen molar-refractivity contribution in [3.8, 4) is 0 Å². The monoisotopic (exact) mass is 148 g/mol. The van der Waals surface area contributed by atoms with E-state index >= 15 is 0 Å². The predicted molar refractivity (Wildman–Crippen MR) is 35.2 cm³/mol. The Balaban J connectivity index is 4.20. The fraction of sp³-hybridized carbons (Fsp3) is 0.667. The Hall–Kier alpha value is -0.740. The number of rotatable bonds is 4. The number of ether oxygens (including phenoxy) is 2. The van der Waals surface area contributed by atoms with E-state index in [4.69, 9.17) is 10.2 Å². The van der Waals surface area contributed by atoms with Crippen LogP contribution in [-0.2, 0) is 9.47 Å². The Morgan fingerprint density at radius 3 is 1.40 bits per heavy atom. The fourth-order valence-corrected chi connectivity index (χ4v) is 0.533. The summed E-state index contributed by atoms with van der Waals surface area (Å²) in [4.78, 5) is 0. The summed E-state index contributed by atoms with van der Waals surface area (Å²) < 4.78 is 9.38. The van der Waals surface area contributed by atoms with Crippen molar-refractivity contribution in [2.45, 2.75) is 0 Å².